The van der Waals surface area contributed by atoms with Gasteiger partial charge in [0, 0.05) is 11.6 Å². The molecule has 0 fully saturated rings. The average molecular weight is 473 g/mol. The van der Waals surface area contributed by atoms with E-state index in [1.807, 2.05) is 37.3 Å². The van der Waals surface area contributed by atoms with E-state index >= 15 is 0 Å². The van der Waals surface area contributed by atoms with Crippen LogP contribution in [-0.4, -0.2) is 4.98 Å². The van der Waals surface area contributed by atoms with Crippen LogP contribution in [0.1, 0.15) is 30.0 Å². The van der Waals surface area contributed by atoms with Gasteiger partial charge in [-0.3, -0.25) is 4.98 Å². The van der Waals surface area contributed by atoms with Crippen LogP contribution >= 0.6 is 0 Å². The second-order valence-corrected chi connectivity index (χ2v) is 6.29. The first-order valence-corrected chi connectivity index (χ1v) is 8.28. The molecule has 2 aromatic carbocycles. The summed E-state index contributed by atoms with van der Waals surface area (Å²) in [5.41, 5.74) is 5.10. The van der Waals surface area contributed by atoms with Gasteiger partial charge >= 0.3 is 23.5 Å². The molecular weight excluding hydrogens is 458 g/mol. The van der Waals surface area contributed by atoms with Gasteiger partial charge in [0.25, 0.3) is 0 Å². The minimum Gasteiger partial charge on any atom is -1.00 e. The number of fused-ring (bicyclic) bond motifs is 1. The van der Waals surface area contributed by atoms with E-state index in [0.717, 1.165) is 50.9 Å². The van der Waals surface area contributed by atoms with Gasteiger partial charge in [0.1, 0.15) is 0 Å². The first-order valence-electron chi connectivity index (χ1n) is 8.28. The van der Waals surface area contributed by atoms with Gasteiger partial charge in [-0.25, -0.2) is 0 Å². The van der Waals surface area contributed by atoms with Crippen molar-refractivity contribution in [1.82, 2.24) is 4.98 Å². The molecule has 1 nitrogen and oxygen atoms in total. The van der Waals surface area contributed by atoms with E-state index in [1.54, 1.807) is 6.20 Å². The maximum atomic E-state index is 12.8. The third-order valence-corrected chi connectivity index (χ3v) is 4.73. The molecule has 7 heteroatoms. The molecule has 0 saturated heterocycles. The third kappa shape index (κ3) is 4.87. The molecule has 29 heavy (non-hydrogen) atoms. The standard InChI is InChI=1S/C22H15F3N.2ClH.Cr/c1-14-18(15-7-9-17(10-8-15)22(23,24)25)11-12-19(14)20-6-2-4-16-5-3-13-26-21(16)20;;;/h2-10,13H,12H2,1H3;2*1H;/q-1;;;+3/p-2. The van der Waals surface area contributed by atoms with Crippen molar-refractivity contribution in [1.29, 1.82) is 0 Å². The van der Waals surface area contributed by atoms with E-state index in [2.05, 4.69) is 11.1 Å². The largest absolute Gasteiger partial charge is 3.00 e. The summed E-state index contributed by atoms with van der Waals surface area (Å²) in [6.07, 6.45) is 1.40. The predicted octanol–water partition coefficient (Wildman–Crippen LogP) is 0.323. The molecule has 0 aliphatic heterocycles. The number of alkyl halides is 3. The molecule has 149 valence electrons. The molecule has 3 aromatic rings. The Hall–Kier alpha value is -1.77. The monoisotopic (exact) mass is 472 g/mol. The summed E-state index contributed by atoms with van der Waals surface area (Å²) in [7, 11) is 0. The normalized spacial score (nSPS) is 13.3. The summed E-state index contributed by atoms with van der Waals surface area (Å²) in [5.74, 6) is 0. The number of rotatable bonds is 2. The fourth-order valence-corrected chi connectivity index (χ4v) is 3.38. The Morgan fingerprint density at radius 2 is 1.59 bits per heavy atom. The second kappa shape index (κ2) is 9.82. The summed E-state index contributed by atoms with van der Waals surface area (Å²) in [4.78, 5) is 4.50. The fraction of sp³-hybridized carbons (Fsp3) is 0.136. The van der Waals surface area contributed by atoms with Gasteiger partial charge in [-0.2, -0.15) is 24.8 Å². The van der Waals surface area contributed by atoms with Crippen molar-refractivity contribution < 1.29 is 55.3 Å². The van der Waals surface area contributed by atoms with Crippen molar-refractivity contribution in [3.05, 3.63) is 89.1 Å². The molecule has 0 saturated carbocycles. The number of hydrogen-bond donors (Lipinski definition) is 0. The van der Waals surface area contributed by atoms with Gasteiger partial charge < -0.3 is 24.8 Å². The quantitative estimate of drug-likeness (QED) is 0.489. The Bertz CT molecular complexity index is 1050. The smallest absolute Gasteiger partial charge is 1.00 e. The van der Waals surface area contributed by atoms with Crippen molar-refractivity contribution in [3.8, 4) is 0 Å². The molecule has 0 atom stereocenters. The third-order valence-electron chi connectivity index (χ3n) is 4.73. The van der Waals surface area contributed by atoms with E-state index in [4.69, 9.17) is 0 Å². The molecule has 0 spiro atoms. The zero-order chi connectivity index (χ0) is 18.3. The molecule has 1 aromatic heterocycles. The Morgan fingerprint density at radius 1 is 0.931 bits per heavy atom. The van der Waals surface area contributed by atoms with Gasteiger partial charge in [0.15, 0.2) is 0 Å². The SMILES string of the molecule is CC1=C(c2cccc3cccnc23)C[C-]=C1c1ccc(C(F)(F)F)cc1.[Cl-].[Cl-].[Cr+3]. The van der Waals surface area contributed by atoms with E-state index in [0.29, 0.717) is 6.42 Å². The second-order valence-electron chi connectivity index (χ2n) is 6.29. The first kappa shape index (κ1) is 25.3. The van der Waals surface area contributed by atoms with Crippen LogP contribution in [0.25, 0.3) is 22.0 Å². The van der Waals surface area contributed by atoms with Crippen molar-refractivity contribution in [2.75, 3.05) is 0 Å². The number of allylic oxidation sites excluding steroid dienone is 4. The minimum atomic E-state index is -4.32. The number of hydrogen-bond acceptors (Lipinski definition) is 1. The molecule has 0 amide bonds. The molecule has 1 aliphatic carbocycles. The Labute approximate surface area is 190 Å². The molecule has 1 aliphatic rings. The molecule has 4 rings (SSSR count). The summed E-state index contributed by atoms with van der Waals surface area (Å²) in [6, 6.07) is 15.2. The van der Waals surface area contributed by atoms with Crippen LogP contribution in [0.5, 0.6) is 0 Å². The van der Waals surface area contributed by atoms with Crippen molar-refractivity contribution in [2.45, 2.75) is 19.5 Å². The number of halogens is 5. The van der Waals surface area contributed by atoms with Crippen LogP contribution in [0.3, 0.4) is 0 Å². The van der Waals surface area contributed by atoms with E-state index in [1.165, 1.54) is 12.1 Å². The topological polar surface area (TPSA) is 12.9 Å². The van der Waals surface area contributed by atoms with E-state index in [-0.39, 0.29) is 42.2 Å². The zero-order valence-electron chi connectivity index (χ0n) is 15.2. The van der Waals surface area contributed by atoms with Crippen LogP contribution in [0.4, 0.5) is 13.2 Å². The Balaban J connectivity index is 0.00000140. The number of aromatic nitrogens is 1. The summed E-state index contributed by atoms with van der Waals surface area (Å²) in [5, 5.41) is 1.06. The van der Waals surface area contributed by atoms with Gasteiger partial charge in [0.05, 0.1) is 11.1 Å². The first-order chi connectivity index (χ1) is 12.4. The molecular formula is C22H15Cl2CrF3N. The minimum absolute atomic E-state index is 0. The number of nitrogens with zero attached hydrogens (tertiary/aromatic N) is 1. The van der Waals surface area contributed by atoms with Crippen molar-refractivity contribution in [2.24, 2.45) is 0 Å². The van der Waals surface area contributed by atoms with Gasteiger partial charge in [-0.05, 0) is 11.6 Å². The molecule has 0 unspecified atom stereocenters. The molecule has 1 heterocycles. The number of para-hydroxylation sites is 1. The molecule has 0 N–H and O–H groups in total. The van der Waals surface area contributed by atoms with Crippen LogP contribution < -0.4 is 24.8 Å². The average Bonchev–Trinajstić information content (AvgIpc) is 3.02. The van der Waals surface area contributed by atoms with E-state index in [9.17, 15) is 13.2 Å². The number of benzene rings is 2. The fourth-order valence-electron chi connectivity index (χ4n) is 3.38. The van der Waals surface area contributed by atoms with Gasteiger partial charge in [-0.15, -0.1) is 23.3 Å². The van der Waals surface area contributed by atoms with Crippen LogP contribution in [-0.2, 0) is 23.5 Å². The van der Waals surface area contributed by atoms with Gasteiger partial charge in [0.2, 0.25) is 0 Å². The van der Waals surface area contributed by atoms with E-state index < -0.39 is 11.7 Å². The summed E-state index contributed by atoms with van der Waals surface area (Å²) >= 11 is 0. The summed E-state index contributed by atoms with van der Waals surface area (Å²) in [6.45, 7) is 1.99. The number of pyridine rings is 1. The predicted molar refractivity (Wildman–Crippen MR) is 97.0 cm³/mol. The van der Waals surface area contributed by atoms with Crippen molar-refractivity contribution in [3.63, 3.8) is 0 Å². The maximum absolute atomic E-state index is 12.8. The molecule has 1 radical (unpaired) electrons. The Kier molecular flexibility index (Phi) is 8.56. The van der Waals surface area contributed by atoms with Crippen LogP contribution in [0.2, 0.25) is 0 Å². The maximum Gasteiger partial charge on any atom is 3.00 e. The summed E-state index contributed by atoms with van der Waals surface area (Å²) < 4.78 is 38.3. The van der Waals surface area contributed by atoms with Gasteiger partial charge in [-0.1, -0.05) is 55.3 Å². The zero-order valence-corrected chi connectivity index (χ0v) is 18.0. The molecule has 0 bridgehead atoms. The Morgan fingerprint density at radius 3 is 2.24 bits per heavy atom. The van der Waals surface area contributed by atoms with Crippen LogP contribution in [0, 0.1) is 6.08 Å². The van der Waals surface area contributed by atoms with Crippen LogP contribution in [0.15, 0.2) is 66.4 Å². The van der Waals surface area contributed by atoms with Crippen molar-refractivity contribution >= 4 is 22.0 Å².